The van der Waals surface area contributed by atoms with Gasteiger partial charge in [-0.15, -0.1) is 11.3 Å². The third-order valence-corrected chi connectivity index (χ3v) is 4.13. The number of para-hydroxylation sites is 1. The molecule has 0 amide bonds. The zero-order chi connectivity index (χ0) is 15.2. The number of pyridine rings is 1. The molecule has 0 saturated carbocycles. The normalized spacial score (nSPS) is 10.2. The molecule has 0 aliphatic carbocycles. The van der Waals surface area contributed by atoms with Crippen molar-refractivity contribution in [1.82, 2.24) is 9.97 Å². The smallest absolute Gasteiger partial charge is 0.167 e. The lowest BCUT2D eigenvalue weighted by molar-refractivity contribution is 1.06. The zero-order valence-corrected chi connectivity index (χ0v) is 13.3. The van der Waals surface area contributed by atoms with Crippen LogP contribution >= 0.6 is 11.3 Å². The molecule has 110 valence electrons. The molecule has 3 rings (SSSR count). The van der Waals surface area contributed by atoms with Gasteiger partial charge in [-0.1, -0.05) is 31.0 Å². The summed E-state index contributed by atoms with van der Waals surface area (Å²) >= 11 is 1.62. The summed E-state index contributed by atoms with van der Waals surface area (Å²) in [6, 6.07) is 10.1. The van der Waals surface area contributed by atoms with Crippen molar-refractivity contribution < 1.29 is 0 Å². The molecule has 4 heteroatoms. The summed E-state index contributed by atoms with van der Waals surface area (Å²) in [5.41, 5.74) is 3.24. The van der Waals surface area contributed by atoms with Crippen molar-refractivity contribution in [1.29, 1.82) is 0 Å². The van der Waals surface area contributed by atoms with Gasteiger partial charge in [-0.05, 0) is 24.5 Å². The summed E-state index contributed by atoms with van der Waals surface area (Å²) in [7, 11) is 0. The number of nitrogens with zero attached hydrogens (tertiary/aromatic N) is 2. The van der Waals surface area contributed by atoms with E-state index in [2.05, 4.69) is 45.5 Å². The van der Waals surface area contributed by atoms with Crippen LogP contribution in [0.5, 0.6) is 0 Å². The first-order valence-electron chi connectivity index (χ1n) is 7.37. The van der Waals surface area contributed by atoms with E-state index >= 15 is 0 Å². The number of fused-ring (bicyclic) bond motifs is 1. The third-order valence-electron chi connectivity index (χ3n) is 3.32. The van der Waals surface area contributed by atoms with Gasteiger partial charge in [0.1, 0.15) is 0 Å². The predicted octanol–water partition coefficient (Wildman–Crippen LogP) is 4.11. The molecule has 0 bridgehead atoms. The molecule has 0 radical (unpaired) electrons. The van der Waals surface area contributed by atoms with Gasteiger partial charge >= 0.3 is 0 Å². The lowest BCUT2D eigenvalue weighted by Gasteiger charge is -2.07. The molecule has 0 aliphatic heterocycles. The van der Waals surface area contributed by atoms with Crippen LogP contribution in [0.3, 0.4) is 0 Å². The molecule has 1 N–H and O–H groups in total. The highest BCUT2D eigenvalue weighted by molar-refractivity contribution is 7.10. The van der Waals surface area contributed by atoms with Crippen LogP contribution in [0.15, 0.2) is 41.9 Å². The molecule has 0 aliphatic rings. The Kier molecular flexibility index (Phi) is 4.67. The maximum Gasteiger partial charge on any atom is 0.167 e. The lowest BCUT2D eigenvalue weighted by Crippen LogP contribution is -2.01. The SMILES string of the molecule is CCc1csc(C#CCCNc2ccnc3ccccc23)n1. The van der Waals surface area contributed by atoms with Crippen molar-refractivity contribution in [2.45, 2.75) is 19.8 Å². The second-order valence-corrected chi connectivity index (χ2v) is 5.71. The second kappa shape index (κ2) is 7.06. The van der Waals surface area contributed by atoms with E-state index in [1.807, 2.05) is 30.5 Å². The Labute approximate surface area is 134 Å². The number of benzene rings is 1. The van der Waals surface area contributed by atoms with E-state index in [0.717, 1.165) is 46.7 Å². The van der Waals surface area contributed by atoms with Gasteiger partial charge in [0.15, 0.2) is 5.01 Å². The van der Waals surface area contributed by atoms with Crippen molar-refractivity contribution in [3.63, 3.8) is 0 Å². The van der Waals surface area contributed by atoms with Crippen LogP contribution in [-0.2, 0) is 6.42 Å². The van der Waals surface area contributed by atoms with E-state index in [-0.39, 0.29) is 0 Å². The van der Waals surface area contributed by atoms with Gasteiger partial charge < -0.3 is 5.32 Å². The van der Waals surface area contributed by atoms with E-state index in [1.165, 1.54) is 0 Å². The van der Waals surface area contributed by atoms with Crippen LogP contribution in [0, 0.1) is 11.8 Å². The third kappa shape index (κ3) is 3.44. The minimum Gasteiger partial charge on any atom is -0.383 e. The van der Waals surface area contributed by atoms with E-state index < -0.39 is 0 Å². The number of hydrogen-bond donors (Lipinski definition) is 1. The maximum atomic E-state index is 4.44. The largest absolute Gasteiger partial charge is 0.383 e. The van der Waals surface area contributed by atoms with Crippen LogP contribution < -0.4 is 5.32 Å². The number of aromatic nitrogens is 2. The van der Waals surface area contributed by atoms with E-state index in [1.54, 1.807) is 11.3 Å². The highest BCUT2D eigenvalue weighted by atomic mass is 32.1. The van der Waals surface area contributed by atoms with Crippen molar-refractivity contribution in [3.05, 3.63) is 52.6 Å². The van der Waals surface area contributed by atoms with Crippen molar-refractivity contribution >= 4 is 27.9 Å². The summed E-state index contributed by atoms with van der Waals surface area (Å²) in [4.78, 5) is 8.80. The average Bonchev–Trinajstić information content (AvgIpc) is 3.03. The van der Waals surface area contributed by atoms with E-state index in [0.29, 0.717) is 0 Å². The predicted molar refractivity (Wildman–Crippen MR) is 93.2 cm³/mol. The number of nitrogens with one attached hydrogen (secondary N) is 1. The Bertz CT molecular complexity index is 821. The summed E-state index contributed by atoms with van der Waals surface area (Å²) in [6.07, 6.45) is 3.59. The Balaban J connectivity index is 1.59. The fourth-order valence-corrected chi connectivity index (χ4v) is 2.94. The topological polar surface area (TPSA) is 37.8 Å². The summed E-state index contributed by atoms with van der Waals surface area (Å²) in [5.74, 6) is 6.31. The fraction of sp³-hybridized carbons (Fsp3) is 0.222. The molecular weight excluding hydrogens is 290 g/mol. The van der Waals surface area contributed by atoms with Crippen LogP contribution in [0.2, 0.25) is 0 Å². The highest BCUT2D eigenvalue weighted by Gasteiger charge is 1.99. The first-order chi connectivity index (χ1) is 10.9. The molecule has 22 heavy (non-hydrogen) atoms. The zero-order valence-electron chi connectivity index (χ0n) is 12.5. The molecule has 0 unspecified atom stereocenters. The fourth-order valence-electron chi connectivity index (χ4n) is 2.17. The summed E-state index contributed by atoms with van der Waals surface area (Å²) in [6.45, 7) is 2.92. The molecule has 3 aromatic rings. The van der Waals surface area contributed by atoms with E-state index in [4.69, 9.17) is 0 Å². The Morgan fingerprint density at radius 3 is 3.00 bits per heavy atom. The minimum atomic E-state index is 0.789. The van der Waals surface area contributed by atoms with Crippen LogP contribution in [-0.4, -0.2) is 16.5 Å². The standard InChI is InChI=1S/C18H17N3S/c1-2-14-13-22-18(21-14)9-5-6-11-19-17-10-12-20-16-8-4-3-7-15(16)17/h3-4,7-8,10,12-13H,2,6,11H2,1H3,(H,19,20). The Hall–Kier alpha value is -2.38. The highest BCUT2D eigenvalue weighted by Crippen LogP contribution is 2.20. The number of hydrogen-bond acceptors (Lipinski definition) is 4. The molecular formula is C18H17N3S. The average molecular weight is 307 g/mol. The molecule has 2 heterocycles. The van der Waals surface area contributed by atoms with Gasteiger partial charge in [0.2, 0.25) is 0 Å². The molecule has 0 atom stereocenters. The number of anilines is 1. The Morgan fingerprint density at radius 2 is 2.14 bits per heavy atom. The molecule has 0 fully saturated rings. The van der Waals surface area contributed by atoms with Crippen molar-refractivity contribution in [3.8, 4) is 11.8 Å². The van der Waals surface area contributed by atoms with Gasteiger partial charge in [-0.3, -0.25) is 4.98 Å². The molecule has 2 aromatic heterocycles. The summed E-state index contributed by atoms with van der Waals surface area (Å²) in [5, 5.41) is 7.56. The first-order valence-corrected chi connectivity index (χ1v) is 8.25. The monoisotopic (exact) mass is 307 g/mol. The molecule has 1 aromatic carbocycles. The quantitative estimate of drug-likeness (QED) is 0.582. The first kappa shape index (κ1) is 14.6. The second-order valence-electron chi connectivity index (χ2n) is 4.85. The number of rotatable bonds is 4. The van der Waals surface area contributed by atoms with Gasteiger partial charge in [-0.2, -0.15) is 0 Å². The van der Waals surface area contributed by atoms with Crippen LogP contribution in [0.1, 0.15) is 24.0 Å². The molecule has 3 nitrogen and oxygen atoms in total. The minimum absolute atomic E-state index is 0.789. The summed E-state index contributed by atoms with van der Waals surface area (Å²) < 4.78 is 0. The van der Waals surface area contributed by atoms with Gasteiger partial charge in [0.25, 0.3) is 0 Å². The lowest BCUT2D eigenvalue weighted by atomic mass is 10.2. The van der Waals surface area contributed by atoms with Crippen LogP contribution in [0.4, 0.5) is 5.69 Å². The Morgan fingerprint density at radius 1 is 1.23 bits per heavy atom. The van der Waals surface area contributed by atoms with E-state index in [9.17, 15) is 0 Å². The van der Waals surface area contributed by atoms with Gasteiger partial charge in [-0.25, -0.2) is 4.98 Å². The molecule has 0 spiro atoms. The van der Waals surface area contributed by atoms with Gasteiger partial charge in [0, 0.05) is 35.6 Å². The maximum absolute atomic E-state index is 4.44. The molecule has 0 saturated heterocycles. The van der Waals surface area contributed by atoms with Crippen molar-refractivity contribution in [2.75, 3.05) is 11.9 Å². The van der Waals surface area contributed by atoms with Gasteiger partial charge in [0.05, 0.1) is 11.2 Å². The number of aryl methyl sites for hydroxylation is 1. The number of thiazole rings is 1. The van der Waals surface area contributed by atoms with Crippen LogP contribution in [0.25, 0.3) is 10.9 Å². The van der Waals surface area contributed by atoms with Crippen molar-refractivity contribution in [2.24, 2.45) is 0 Å².